The number of esters is 1. The highest BCUT2D eigenvalue weighted by Gasteiger charge is 2.18. The van der Waals surface area contributed by atoms with Crippen LogP contribution in [0.25, 0.3) is 0 Å². The van der Waals surface area contributed by atoms with E-state index in [4.69, 9.17) is 4.74 Å². The molecule has 0 saturated carbocycles. The van der Waals surface area contributed by atoms with Gasteiger partial charge in [-0.3, -0.25) is 9.59 Å². The van der Waals surface area contributed by atoms with E-state index in [1.807, 2.05) is 6.08 Å². The Bertz CT molecular complexity index is 1320. The summed E-state index contributed by atoms with van der Waals surface area (Å²) in [6.45, 7) is 4.93. The van der Waals surface area contributed by atoms with Crippen LogP contribution in [0.15, 0.2) is 24.3 Å². The van der Waals surface area contributed by atoms with E-state index in [0.29, 0.717) is 19.4 Å². The molecule has 0 fully saturated rings. The maximum atomic E-state index is 12.5. The third-order valence-corrected chi connectivity index (χ3v) is 18.2. The van der Waals surface area contributed by atoms with Gasteiger partial charge in [0.05, 0.1) is 25.4 Å². The number of rotatable bonds is 73. The van der Waals surface area contributed by atoms with Crippen molar-refractivity contribution < 1.29 is 24.5 Å². The minimum absolute atomic E-state index is 0.0211. The van der Waals surface area contributed by atoms with Crippen molar-refractivity contribution in [3.8, 4) is 0 Å². The molecule has 6 nitrogen and oxygen atoms in total. The molecule has 0 aromatic rings. The highest BCUT2D eigenvalue weighted by Crippen LogP contribution is 2.20. The highest BCUT2D eigenvalue weighted by molar-refractivity contribution is 5.76. The lowest BCUT2D eigenvalue weighted by atomic mass is 10.0. The van der Waals surface area contributed by atoms with Crippen LogP contribution in [0, 0.1) is 0 Å². The fourth-order valence-corrected chi connectivity index (χ4v) is 12.3. The van der Waals surface area contributed by atoms with Crippen LogP contribution in [0.2, 0.25) is 0 Å². The molecule has 0 aliphatic heterocycles. The number of carbonyl (C=O) groups is 2. The van der Waals surface area contributed by atoms with Crippen LogP contribution in [-0.4, -0.2) is 47.4 Å². The Hall–Kier alpha value is -1.66. The largest absolute Gasteiger partial charge is 0.466 e. The van der Waals surface area contributed by atoms with Gasteiger partial charge in [0, 0.05) is 12.8 Å². The maximum absolute atomic E-state index is 12.5. The van der Waals surface area contributed by atoms with Crippen molar-refractivity contribution in [3.05, 3.63) is 24.3 Å². The summed E-state index contributed by atoms with van der Waals surface area (Å²) in [5, 5.41) is 23.1. The fourth-order valence-electron chi connectivity index (χ4n) is 12.3. The van der Waals surface area contributed by atoms with Gasteiger partial charge in [0.2, 0.25) is 5.91 Å². The number of unbranched alkanes of at least 4 members (excludes halogenated alkanes) is 60. The molecule has 0 heterocycles. The Kier molecular flexibility index (Phi) is 72.3. The van der Waals surface area contributed by atoms with Gasteiger partial charge < -0.3 is 20.3 Å². The Morgan fingerprint density at radius 1 is 0.321 bits per heavy atom. The van der Waals surface area contributed by atoms with Crippen molar-refractivity contribution in [2.45, 2.75) is 450 Å². The topological polar surface area (TPSA) is 95.9 Å². The standard InChI is InChI=1S/C78H151NO5/c1-3-5-7-9-11-13-15-17-18-19-42-45-48-52-56-60-64-68-72-78(83)84-73-69-65-61-57-53-49-46-43-40-38-36-34-32-30-28-26-24-22-20-21-23-25-27-29-31-33-35-37-39-41-44-47-51-55-59-63-67-71-77(82)79-75(74-80)76(81)70-66-62-58-54-50-16-14-12-10-8-6-4-2/h18-19,66,70,75-76,80-81H,3-17,20-65,67-69,71-74H2,1-2H3,(H,79,82)/b19-18-,70-66+. The number of hydrogen-bond donors (Lipinski definition) is 3. The lowest BCUT2D eigenvalue weighted by Crippen LogP contribution is -2.45. The molecule has 0 aromatic heterocycles. The Morgan fingerprint density at radius 3 is 0.845 bits per heavy atom. The van der Waals surface area contributed by atoms with Gasteiger partial charge in [0.1, 0.15) is 0 Å². The highest BCUT2D eigenvalue weighted by atomic mass is 16.5. The van der Waals surface area contributed by atoms with Gasteiger partial charge in [-0.2, -0.15) is 0 Å². The van der Waals surface area contributed by atoms with E-state index in [1.165, 1.54) is 372 Å². The lowest BCUT2D eigenvalue weighted by molar-refractivity contribution is -0.143. The SMILES string of the molecule is CCCCCCCCC/C=C\CCCCCCCCCC(=O)OCCCCCCCCCCCCCCCCCCCCCCCCCCCCCCCCCCCCCCCC(=O)NC(CO)C(O)/C=C/CCCCCCCCCCCC. The molecule has 84 heavy (non-hydrogen) atoms. The molecule has 0 rings (SSSR count). The van der Waals surface area contributed by atoms with E-state index >= 15 is 0 Å². The summed E-state index contributed by atoms with van der Waals surface area (Å²) in [4.78, 5) is 24.6. The molecule has 0 aliphatic carbocycles. The van der Waals surface area contributed by atoms with E-state index in [1.54, 1.807) is 6.08 Å². The van der Waals surface area contributed by atoms with Crippen molar-refractivity contribution in [2.24, 2.45) is 0 Å². The molecule has 2 unspecified atom stereocenters. The number of aliphatic hydroxyl groups is 2. The summed E-state index contributed by atoms with van der Waals surface area (Å²) >= 11 is 0. The maximum Gasteiger partial charge on any atom is 0.305 e. The number of carbonyl (C=O) groups excluding carboxylic acids is 2. The quantitative estimate of drug-likeness (QED) is 0.0320. The van der Waals surface area contributed by atoms with E-state index in [-0.39, 0.29) is 18.5 Å². The lowest BCUT2D eigenvalue weighted by Gasteiger charge is -2.20. The zero-order chi connectivity index (χ0) is 60.6. The molecule has 0 radical (unpaired) electrons. The van der Waals surface area contributed by atoms with Crippen molar-refractivity contribution >= 4 is 11.9 Å². The molecule has 0 bridgehead atoms. The zero-order valence-electron chi connectivity index (χ0n) is 57.2. The van der Waals surface area contributed by atoms with Gasteiger partial charge in [-0.25, -0.2) is 0 Å². The van der Waals surface area contributed by atoms with Crippen LogP contribution in [0.3, 0.4) is 0 Å². The van der Waals surface area contributed by atoms with Crippen LogP contribution in [0.4, 0.5) is 0 Å². The van der Waals surface area contributed by atoms with Crippen LogP contribution >= 0.6 is 0 Å². The van der Waals surface area contributed by atoms with Gasteiger partial charge in [0.15, 0.2) is 0 Å². The monoisotopic (exact) mass is 1180 g/mol. The van der Waals surface area contributed by atoms with E-state index in [2.05, 4.69) is 31.3 Å². The average molecular weight is 1180 g/mol. The van der Waals surface area contributed by atoms with Gasteiger partial charge in [-0.15, -0.1) is 0 Å². The molecule has 0 spiro atoms. The molecule has 1 amide bonds. The molecular weight excluding hydrogens is 1030 g/mol. The first-order valence-corrected chi connectivity index (χ1v) is 38.6. The number of hydrogen-bond acceptors (Lipinski definition) is 5. The minimum Gasteiger partial charge on any atom is -0.466 e. The predicted octanol–water partition coefficient (Wildman–Crippen LogP) is 25.3. The molecule has 0 saturated heterocycles. The van der Waals surface area contributed by atoms with Crippen molar-refractivity contribution in [1.82, 2.24) is 5.32 Å². The van der Waals surface area contributed by atoms with E-state index in [0.717, 1.165) is 38.5 Å². The van der Waals surface area contributed by atoms with Crippen LogP contribution in [-0.2, 0) is 14.3 Å². The van der Waals surface area contributed by atoms with E-state index < -0.39 is 12.1 Å². The molecular formula is C78H151NO5. The summed E-state index contributed by atoms with van der Waals surface area (Å²) in [7, 11) is 0. The first-order chi connectivity index (χ1) is 41.5. The predicted molar refractivity (Wildman–Crippen MR) is 370 cm³/mol. The second-order valence-electron chi connectivity index (χ2n) is 26.7. The van der Waals surface area contributed by atoms with Crippen LogP contribution < -0.4 is 5.32 Å². The number of aliphatic hydroxyl groups excluding tert-OH is 2. The fraction of sp³-hybridized carbons (Fsp3) is 0.923. The summed E-state index contributed by atoms with van der Waals surface area (Å²) < 4.78 is 5.51. The zero-order valence-corrected chi connectivity index (χ0v) is 57.2. The van der Waals surface area contributed by atoms with Crippen LogP contribution in [0.1, 0.15) is 438 Å². The third-order valence-electron chi connectivity index (χ3n) is 18.2. The van der Waals surface area contributed by atoms with Gasteiger partial charge in [-0.05, 0) is 57.8 Å². The summed E-state index contributed by atoms with van der Waals surface area (Å²) in [6, 6.07) is -0.622. The number of ether oxygens (including phenoxy) is 1. The minimum atomic E-state index is -0.839. The number of amides is 1. The smallest absolute Gasteiger partial charge is 0.305 e. The number of allylic oxidation sites excluding steroid dienone is 3. The average Bonchev–Trinajstić information content (AvgIpc) is 3.51. The second-order valence-corrected chi connectivity index (χ2v) is 26.7. The van der Waals surface area contributed by atoms with Gasteiger partial charge >= 0.3 is 5.97 Å². The van der Waals surface area contributed by atoms with E-state index in [9.17, 15) is 19.8 Å². The van der Waals surface area contributed by atoms with Crippen LogP contribution in [0.5, 0.6) is 0 Å². The number of nitrogens with one attached hydrogen (secondary N) is 1. The Labute approximate surface area is 526 Å². The Morgan fingerprint density at radius 2 is 0.560 bits per heavy atom. The molecule has 0 aromatic carbocycles. The molecule has 498 valence electrons. The first-order valence-electron chi connectivity index (χ1n) is 38.6. The molecule has 3 N–H and O–H groups in total. The van der Waals surface area contributed by atoms with Crippen molar-refractivity contribution in [1.29, 1.82) is 0 Å². The third kappa shape index (κ3) is 69.4. The van der Waals surface area contributed by atoms with Crippen molar-refractivity contribution in [3.63, 3.8) is 0 Å². The normalized spacial score (nSPS) is 12.6. The van der Waals surface area contributed by atoms with Gasteiger partial charge in [-0.1, -0.05) is 391 Å². The molecule has 6 heteroatoms. The van der Waals surface area contributed by atoms with Gasteiger partial charge in [0.25, 0.3) is 0 Å². The molecule has 2 atom stereocenters. The Balaban J connectivity index is 3.28. The summed E-state index contributed by atoms with van der Waals surface area (Å²) in [6.07, 6.45) is 94.5. The summed E-state index contributed by atoms with van der Waals surface area (Å²) in [5.41, 5.74) is 0. The van der Waals surface area contributed by atoms with Crippen molar-refractivity contribution in [2.75, 3.05) is 13.2 Å². The second kappa shape index (κ2) is 73.8. The molecule has 0 aliphatic rings. The summed E-state index contributed by atoms with van der Waals surface area (Å²) in [5.74, 6) is -0.0397. The first kappa shape index (κ1) is 82.3.